The monoisotopic (exact) mass is 388 g/mol. The summed E-state index contributed by atoms with van der Waals surface area (Å²) in [6.45, 7) is 2.27. The molecule has 27 heavy (non-hydrogen) atoms. The Morgan fingerprint density at radius 2 is 1.85 bits per heavy atom. The van der Waals surface area contributed by atoms with Crippen LogP contribution in [0, 0.1) is 0 Å². The van der Waals surface area contributed by atoms with Crippen LogP contribution in [0.4, 0.5) is 0 Å². The number of hydrogen-bond acceptors (Lipinski definition) is 5. The van der Waals surface area contributed by atoms with E-state index in [4.69, 9.17) is 4.98 Å². The number of thiophene rings is 1. The van der Waals surface area contributed by atoms with Gasteiger partial charge in [-0.2, -0.15) is 0 Å². The van der Waals surface area contributed by atoms with Crippen molar-refractivity contribution >= 4 is 27.5 Å². The van der Waals surface area contributed by atoms with Crippen molar-refractivity contribution in [2.24, 2.45) is 0 Å². The van der Waals surface area contributed by atoms with Gasteiger partial charge in [0.05, 0.1) is 11.9 Å². The summed E-state index contributed by atoms with van der Waals surface area (Å²) in [4.78, 5) is 37.2. The van der Waals surface area contributed by atoms with E-state index in [1.165, 1.54) is 23.3 Å². The van der Waals surface area contributed by atoms with E-state index < -0.39 is 0 Å². The quantitative estimate of drug-likeness (QED) is 0.807. The first-order valence-corrected chi connectivity index (χ1v) is 10.8. The molecule has 0 aromatic carbocycles. The minimum atomic E-state index is -0.0263. The SMILES string of the molecule is CN(C)Cc1nc2sc3c(c2c(=O)n1CC(=O)N1CCCCC1)CCCC3. The second-order valence-electron chi connectivity index (χ2n) is 7.99. The van der Waals surface area contributed by atoms with Gasteiger partial charge in [-0.3, -0.25) is 14.2 Å². The normalized spacial score (nSPS) is 17.5. The van der Waals surface area contributed by atoms with Gasteiger partial charge in [-0.1, -0.05) is 0 Å². The molecular weight excluding hydrogens is 360 g/mol. The first-order valence-electron chi connectivity index (χ1n) is 10.0. The molecule has 0 radical (unpaired) electrons. The van der Waals surface area contributed by atoms with Crippen LogP contribution in [-0.4, -0.2) is 52.4 Å². The lowest BCUT2D eigenvalue weighted by molar-refractivity contribution is -0.132. The van der Waals surface area contributed by atoms with Crippen LogP contribution in [0.1, 0.15) is 48.4 Å². The lowest BCUT2D eigenvalue weighted by atomic mass is 9.97. The van der Waals surface area contributed by atoms with Gasteiger partial charge >= 0.3 is 0 Å². The molecule has 0 spiro atoms. The van der Waals surface area contributed by atoms with Crippen LogP contribution >= 0.6 is 11.3 Å². The molecule has 0 bridgehead atoms. The van der Waals surface area contributed by atoms with Gasteiger partial charge in [0.15, 0.2) is 0 Å². The minimum absolute atomic E-state index is 0.0263. The first kappa shape index (κ1) is 18.6. The van der Waals surface area contributed by atoms with E-state index in [2.05, 4.69) is 0 Å². The maximum atomic E-state index is 13.4. The fourth-order valence-corrected chi connectivity index (χ4v) is 5.50. The molecule has 0 unspecified atom stereocenters. The Labute approximate surface area is 163 Å². The van der Waals surface area contributed by atoms with Gasteiger partial charge in [-0.15, -0.1) is 11.3 Å². The Morgan fingerprint density at radius 1 is 1.11 bits per heavy atom. The summed E-state index contributed by atoms with van der Waals surface area (Å²) in [7, 11) is 3.93. The Kier molecular flexibility index (Phi) is 5.32. The Bertz CT molecular complexity index is 909. The molecule has 2 aromatic heterocycles. The zero-order chi connectivity index (χ0) is 19.0. The number of carbonyl (C=O) groups is 1. The second kappa shape index (κ2) is 7.72. The molecule has 1 saturated heterocycles. The maximum absolute atomic E-state index is 13.4. The highest BCUT2D eigenvalue weighted by molar-refractivity contribution is 7.18. The van der Waals surface area contributed by atoms with Crippen molar-refractivity contribution in [3.05, 3.63) is 26.6 Å². The summed E-state index contributed by atoms with van der Waals surface area (Å²) in [5.41, 5.74) is 1.16. The van der Waals surface area contributed by atoms with E-state index in [1.807, 2.05) is 23.9 Å². The zero-order valence-corrected chi connectivity index (χ0v) is 17.1. The molecule has 2 aromatic rings. The highest BCUT2D eigenvalue weighted by atomic mass is 32.1. The molecule has 7 heteroatoms. The number of aryl methyl sites for hydroxylation is 2. The molecule has 0 saturated carbocycles. The molecule has 2 aliphatic rings. The van der Waals surface area contributed by atoms with E-state index in [-0.39, 0.29) is 18.0 Å². The second-order valence-corrected chi connectivity index (χ2v) is 9.07. The summed E-state index contributed by atoms with van der Waals surface area (Å²) in [5, 5.41) is 0.767. The van der Waals surface area contributed by atoms with Crippen molar-refractivity contribution in [1.29, 1.82) is 0 Å². The van der Waals surface area contributed by atoms with Crippen molar-refractivity contribution in [2.75, 3.05) is 27.2 Å². The predicted molar refractivity (Wildman–Crippen MR) is 108 cm³/mol. The average Bonchev–Trinajstić information content (AvgIpc) is 3.03. The Hall–Kier alpha value is -1.73. The number of likely N-dealkylation sites (tertiary alicyclic amines) is 1. The number of carbonyl (C=O) groups excluding carboxylic acids is 1. The van der Waals surface area contributed by atoms with E-state index in [0.717, 1.165) is 55.4 Å². The lowest BCUT2D eigenvalue weighted by Gasteiger charge is -2.27. The molecule has 3 heterocycles. The highest BCUT2D eigenvalue weighted by Gasteiger charge is 2.24. The first-order chi connectivity index (χ1) is 13.0. The van der Waals surface area contributed by atoms with Gasteiger partial charge < -0.3 is 9.80 Å². The molecule has 1 aliphatic heterocycles. The average molecular weight is 389 g/mol. The summed E-state index contributed by atoms with van der Waals surface area (Å²) >= 11 is 1.67. The Balaban J connectivity index is 1.77. The lowest BCUT2D eigenvalue weighted by Crippen LogP contribution is -2.41. The molecule has 146 valence electrons. The molecule has 1 amide bonds. The van der Waals surface area contributed by atoms with E-state index in [0.29, 0.717) is 12.4 Å². The molecule has 6 nitrogen and oxygen atoms in total. The highest BCUT2D eigenvalue weighted by Crippen LogP contribution is 2.33. The molecular formula is C20H28N4O2S. The van der Waals surface area contributed by atoms with Crippen molar-refractivity contribution < 1.29 is 4.79 Å². The van der Waals surface area contributed by atoms with Crippen LogP contribution in [0.5, 0.6) is 0 Å². The summed E-state index contributed by atoms with van der Waals surface area (Å²) < 4.78 is 1.64. The fourth-order valence-electron chi connectivity index (χ4n) is 4.23. The van der Waals surface area contributed by atoms with Gasteiger partial charge in [0, 0.05) is 18.0 Å². The number of rotatable bonds is 4. The van der Waals surface area contributed by atoms with Crippen molar-refractivity contribution in [3.63, 3.8) is 0 Å². The van der Waals surface area contributed by atoms with Gasteiger partial charge in [-0.05, 0) is 64.6 Å². The molecule has 1 fully saturated rings. The number of piperidine rings is 1. The van der Waals surface area contributed by atoms with Gasteiger partial charge in [0.25, 0.3) is 5.56 Å². The van der Waals surface area contributed by atoms with E-state index in [9.17, 15) is 9.59 Å². The number of amides is 1. The molecule has 4 rings (SSSR count). The number of nitrogens with zero attached hydrogens (tertiary/aromatic N) is 4. The smallest absolute Gasteiger partial charge is 0.263 e. The van der Waals surface area contributed by atoms with Crippen molar-refractivity contribution in [1.82, 2.24) is 19.4 Å². The van der Waals surface area contributed by atoms with Crippen LogP contribution in [0.2, 0.25) is 0 Å². The summed E-state index contributed by atoms with van der Waals surface area (Å²) in [6, 6.07) is 0. The number of hydrogen-bond donors (Lipinski definition) is 0. The van der Waals surface area contributed by atoms with Crippen molar-refractivity contribution in [2.45, 2.75) is 58.0 Å². The third kappa shape index (κ3) is 3.67. The minimum Gasteiger partial charge on any atom is -0.341 e. The van der Waals surface area contributed by atoms with Crippen LogP contribution < -0.4 is 5.56 Å². The summed E-state index contributed by atoms with van der Waals surface area (Å²) in [5.74, 6) is 0.739. The third-order valence-electron chi connectivity index (χ3n) is 5.61. The van der Waals surface area contributed by atoms with Gasteiger partial charge in [-0.25, -0.2) is 4.98 Å². The van der Waals surface area contributed by atoms with Crippen LogP contribution in [0.25, 0.3) is 10.2 Å². The topological polar surface area (TPSA) is 58.4 Å². The van der Waals surface area contributed by atoms with Crippen molar-refractivity contribution in [3.8, 4) is 0 Å². The standard InChI is InChI=1S/C20H28N4O2S/c1-22(2)12-16-21-19-18(14-8-4-5-9-15(14)27-19)20(26)24(16)13-17(25)23-10-6-3-7-11-23/h3-13H2,1-2H3. The molecule has 0 atom stereocenters. The zero-order valence-electron chi connectivity index (χ0n) is 16.3. The number of aromatic nitrogens is 2. The van der Waals surface area contributed by atoms with Crippen LogP contribution in [0.3, 0.4) is 0 Å². The van der Waals surface area contributed by atoms with Gasteiger partial charge in [0.2, 0.25) is 5.91 Å². The summed E-state index contributed by atoms with van der Waals surface area (Å²) in [6.07, 6.45) is 7.62. The Morgan fingerprint density at radius 3 is 2.59 bits per heavy atom. The third-order valence-corrected chi connectivity index (χ3v) is 6.80. The largest absolute Gasteiger partial charge is 0.341 e. The van der Waals surface area contributed by atoms with E-state index in [1.54, 1.807) is 15.9 Å². The molecule has 1 aliphatic carbocycles. The number of fused-ring (bicyclic) bond motifs is 3. The maximum Gasteiger partial charge on any atom is 0.263 e. The van der Waals surface area contributed by atoms with E-state index >= 15 is 0 Å². The van der Waals surface area contributed by atoms with Gasteiger partial charge in [0.1, 0.15) is 17.2 Å². The van der Waals surface area contributed by atoms with Crippen LogP contribution in [-0.2, 0) is 30.7 Å². The van der Waals surface area contributed by atoms with Crippen LogP contribution in [0.15, 0.2) is 4.79 Å². The molecule has 0 N–H and O–H groups in total. The fraction of sp³-hybridized carbons (Fsp3) is 0.650. The predicted octanol–water partition coefficient (Wildman–Crippen LogP) is 2.41.